The number of amides is 2. The minimum Gasteiger partial charge on any atom is -0.351 e. The maximum Gasteiger partial charge on any atom is 0.314 e. The first-order valence-corrected chi connectivity index (χ1v) is 7.91. The van der Waals surface area contributed by atoms with Crippen LogP contribution in [0.4, 0.5) is 4.79 Å². The normalized spacial score (nSPS) is 18.0. The van der Waals surface area contributed by atoms with Crippen molar-refractivity contribution < 1.29 is 4.79 Å². The molecule has 1 saturated heterocycles. The number of nitrogens with one attached hydrogen (secondary N) is 1. The van der Waals surface area contributed by atoms with Gasteiger partial charge in [0.15, 0.2) is 0 Å². The fourth-order valence-corrected chi connectivity index (χ4v) is 3.01. The Hall–Kier alpha value is -1.55. The van der Waals surface area contributed by atoms with Crippen molar-refractivity contribution in [1.29, 1.82) is 0 Å². The largest absolute Gasteiger partial charge is 0.351 e. The van der Waals surface area contributed by atoms with Crippen molar-refractivity contribution >= 4 is 6.03 Å². The predicted molar refractivity (Wildman–Crippen MR) is 86.0 cm³/mol. The van der Waals surface area contributed by atoms with Gasteiger partial charge in [-0.05, 0) is 30.7 Å². The number of carbonyl (C=O) groups excluding carboxylic acids is 1. The van der Waals surface area contributed by atoms with Gasteiger partial charge in [0.05, 0.1) is 0 Å². The summed E-state index contributed by atoms with van der Waals surface area (Å²) in [4.78, 5) is 12.9. The van der Waals surface area contributed by atoms with Crippen molar-refractivity contribution in [2.75, 3.05) is 13.1 Å². The summed E-state index contributed by atoms with van der Waals surface area (Å²) in [5, 5.41) is 3.78. The Morgan fingerprint density at radius 2 is 1.90 bits per heavy atom. The van der Waals surface area contributed by atoms with E-state index >= 15 is 0 Å². The van der Waals surface area contributed by atoms with E-state index in [0.29, 0.717) is 18.0 Å². The van der Waals surface area contributed by atoms with Crippen LogP contribution in [0.1, 0.15) is 44.7 Å². The van der Waals surface area contributed by atoms with Crippen molar-refractivity contribution in [1.82, 2.24) is 10.2 Å². The van der Waals surface area contributed by atoms with Gasteiger partial charge in [0.25, 0.3) is 0 Å². The molecule has 1 aliphatic rings. The molecular weight excluding hydrogens is 262 g/mol. The van der Waals surface area contributed by atoms with E-state index in [-0.39, 0.29) is 6.03 Å². The van der Waals surface area contributed by atoms with E-state index in [0.717, 1.165) is 32.4 Å². The maximum atomic E-state index is 11.2. The molecule has 1 aromatic carbocycles. The summed E-state index contributed by atoms with van der Waals surface area (Å²) in [6.45, 7) is 6.03. The van der Waals surface area contributed by atoms with Crippen molar-refractivity contribution in [3.8, 4) is 0 Å². The Kier molecular flexibility index (Phi) is 5.62. The van der Waals surface area contributed by atoms with Gasteiger partial charge in [-0.1, -0.05) is 44.2 Å². The van der Waals surface area contributed by atoms with Gasteiger partial charge < -0.3 is 16.0 Å². The summed E-state index contributed by atoms with van der Waals surface area (Å²) in [5.74, 6) is 0.647. The number of hydrogen-bond acceptors (Lipinski definition) is 2. The van der Waals surface area contributed by atoms with Gasteiger partial charge in [-0.25, -0.2) is 4.79 Å². The SMILES string of the molecule is CC(C)CC(NC1CCN(C(N)=O)CC1)c1ccccc1. The highest BCUT2D eigenvalue weighted by Crippen LogP contribution is 2.23. The predicted octanol–water partition coefficient (Wildman–Crippen LogP) is 2.91. The van der Waals surface area contributed by atoms with Crippen LogP contribution >= 0.6 is 0 Å². The molecule has 21 heavy (non-hydrogen) atoms. The molecule has 4 nitrogen and oxygen atoms in total. The van der Waals surface area contributed by atoms with Gasteiger partial charge in [-0.3, -0.25) is 0 Å². The second-order valence-corrected chi connectivity index (χ2v) is 6.36. The molecule has 0 spiro atoms. The zero-order valence-electron chi connectivity index (χ0n) is 13.1. The molecule has 2 rings (SSSR count). The third-order valence-electron chi connectivity index (χ3n) is 4.15. The van der Waals surface area contributed by atoms with Crippen LogP contribution in [0.15, 0.2) is 30.3 Å². The van der Waals surface area contributed by atoms with Gasteiger partial charge in [0.1, 0.15) is 0 Å². The van der Waals surface area contributed by atoms with E-state index in [4.69, 9.17) is 5.73 Å². The number of rotatable bonds is 5. The number of urea groups is 1. The first kappa shape index (κ1) is 15.8. The molecule has 4 heteroatoms. The van der Waals surface area contributed by atoms with Crippen LogP contribution in [-0.4, -0.2) is 30.1 Å². The number of primary amides is 1. The zero-order valence-corrected chi connectivity index (χ0v) is 13.1. The molecule has 3 N–H and O–H groups in total. The highest BCUT2D eigenvalue weighted by Gasteiger charge is 2.24. The third kappa shape index (κ3) is 4.74. The Morgan fingerprint density at radius 1 is 1.29 bits per heavy atom. The molecule has 1 fully saturated rings. The molecule has 1 heterocycles. The minimum atomic E-state index is -0.296. The minimum absolute atomic E-state index is 0.296. The lowest BCUT2D eigenvalue weighted by Crippen LogP contribution is -2.47. The fourth-order valence-electron chi connectivity index (χ4n) is 3.01. The summed E-state index contributed by atoms with van der Waals surface area (Å²) < 4.78 is 0. The van der Waals surface area contributed by atoms with Crippen molar-refractivity contribution in [3.05, 3.63) is 35.9 Å². The van der Waals surface area contributed by atoms with Gasteiger partial charge in [-0.15, -0.1) is 0 Å². The second-order valence-electron chi connectivity index (χ2n) is 6.36. The average molecular weight is 289 g/mol. The van der Waals surface area contributed by atoms with E-state index < -0.39 is 0 Å². The van der Waals surface area contributed by atoms with Crippen LogP contribution in [0.3, 0.4) is 0 Å². The van der Waals surface area contributed by atoms with Crippen LogP contribution < -0.4 is 11.1 Å². The lowest BCUT2D eigenvalue weighted by Gasteiger charge is -2.34. The number of hydrogen-bond donors (Lipinski definition) is 2. The van der Waals surface area contributed by atoms with E-state index in [2.05, 4.69) is 49.5 Å². The molecule has 0 aromatic heterocycles. The molecule has 1 aliphatic heterocycles. The topological polar surface area (TPSA) is 58.4 Å². The van der Waals surface area contributed by atoms with E-state index in [9.17, 15) is 4.79 Å². The van der Waals surface area contributed by atoms with Crippen LogP contribution in [0.25, 0.3) is 0 Å². The lowest BCUT2D eigenvalue weighted by molar-refractivity contribution is 0.181. The summed E-state index contributed by atoms with van der Waals surface area (Å²) in [7, 11) is 0. The number of nitrogens with two attached hydrogens (primary N) is 1. The smallest absolute Gasteiger partial charge is 0.314 e. The second kappa shape index (κ2) is 7.46. The van der Waals surface area contributed by atoms with Crippen LogP contribution in [-0.2, 0) is 0 Å². The Morgan fingerprint density at radius 3 is 2.43 bits per heavy atom. The first-order valence-electron chi connectivity index (χ1n) is 7.91. The molecule has 1 unspecified atom stereocenters. The Labute approximate surface area is 127 Å². The number of nitrogens with zero attached hydrogens (tertiary/aromatic N) is 1. The summed E-state index contributed by atoms with van der Waals surface area (Å²) >= 11 is 0. The summed E-state index contributed by atoms with van der Waals surface area (Å²) in [6.07, 6.45) is 3.08. The zero-order chi connectivity index (χ0) is 15.2. The van der Waals surface area contributed by atoms with Gasteiger partial charge in [0, 0.05) is 25.2 Å². The molecular formula is C17H27N3O. The first-order chi connectivity index (χ1) is 10.1. The maximum absolute atomic E-state index is 11.2. The monoisotopic (exact) mass is 289 g/mol. The average Bonchev–Trinajstić information content (AvgIpc) is 2.47. The van der Waals surface area contributed by atoms with Crippen LogP contribution in [0.5, 0.6) is 0 Å². The fraction of sp³-hybridized carbons (Fsp3) is 0.588. The van der Waals surface area contributed by atoms with Crippen LogP contribution in [0, 0.1) is 5.92 Å². The number of piperidine rings is 1. The Balaban J connectivity index is 1.95. The van der Waals surface area contributed by atoms with Crippen molar-refractivity contribution in [3.63, 3.8) is 0 Å². The molecule has 1 aromatic rings. The number of likely N-dealkylation sites (tertiary alicyclic amines) is 1. The third-order valence-corrected chi connectivity index (χ3v) is 4.15. The highest BCUT2D eigenvalue weighted by atomic mass is 16.2. The Bertz CT molecular complexity index is 439. The number of benzene rings is 1. The molecule has 2 amide bonds. The van der Waals surface area contributed by atoms with Gasteiger partial charge in [-0.2, -0.15) is 0 Å². The van der Waals surface area contributed by atoms with E-state index in [1.165, 1.54) is 5.56 Å². The molecule has 0 bridgehead atoms. The molecule has 0 radical (unpaired) electrons. The highest BCUT2D eigenvalue weighted by molar-refractivity contribution is 5.72. The van der Waals surface area contributed by atoms with Crippen molar-refractivity contribution in [2.24, 2.45) is 11.7 Å². The summed E-state index contributed by atoms with van der Waals surface area (Å²) in [5.41, 5.74) is 6.69. The van der Waals surface area contributed by atoms with E-state index in [1.807, 2.05) is 0 Å². The van der Waals surface area contributed by atoms with E-state index in [1.54, 1.807) is 4.90 Å². The van der Waals surface area contributed by atoms with Crippen molar-refractivity contribution in [2.45, 2.75) is 45.2 Å². The molecule has 1 atom stereocenters. The lowest BCUT2D eigenvalue weighted by atomic mass is 9.94. The van der Waals surface area contributed by atoms with Gasteiger partial charge >= 0.3 is 6.03 Å². The van der Waals surface area contributed by atoms with Crippen LogP contribution in [0.2, 0.25) is 0 Å². The summed E-state index contributed by atoms with van der Waals surface area (Å²) in [6, 6.07) is 11.2. The molecule has 0 aliphatic carbocycles. The van der Waals surface area contributed by atoms with Gasteiger partial charge in [0.2, 0.25) is 0 Å². The standard InChI is InChI=1S/C17H27N3O/c1-13(2)12-16(14-6-4-3-5-7-14)19-15-8-10-20(11-9-15)17(18)21/h3-7,13,15-16,19H,8-12H2,1-2H3,(H2,18,21). The number of carbonyl (C=O) groups is 1. The molecule has 0 saturated carbocycles. The quantitative estimate of drug-likeness (QED) is 0.875. The molecule has 116 valence electrons.